The van der Waals surface area contributed by atoms with Gasteiger partial charge in [0.05, 0.1) is 5.39 Å². The number of aromatic nitrogens is 3. The normalized spacial score (nSPS) is 22.4. The predicted octanol–water partition coefficient (Wildman–Crippen LogP) is 0.00690. The largest absolute Gasteiger partial charge is 0.463 e. The smallest absolute Gasteiger partial charge is 0.303 e. The molecule has 0 unspecified atom stereocenters. The number of carbonyl (C=O) groups is 4. The van der Waals surface area contributed by atoms with Crippen LogP contribution in [0.5, 0.6) is 0 Å². The van der Waals surface area contributed by atoms with Crippen molar-refractivity contribution in [2.75, 3.05) is 11.9 Å². The minimum atomic E-state index is -1.36. The fourth-order valence-electron chi connectivity index (χ4n) is 3.39. The van der Waals surface area contributed by atoms with Crippen molar-refractivity contribution < 1.29 is 38.1 Å². The van der Waals surface area contributed by atoms with Crippen molar-refractivity contribution in [1.82, 2.24) is 14.5 Å². The van der Waals surface area contributed by atoms with E-state index in [-0.39, 0.29) is 23.6 Å². The van der Waals surface area contributed by atoms with E-state index in [9.17, 15) is 24.0 Å². The lowest BCUT2D eigenvalue weighted by molar-refractivity contribution is -0.166. The maximum atomic E-state index is 13.2. The van der Waals surface area contributed by atoms with Gasteiger partial charge >= 0.3 is 17.9 Å². The topological polar surface area (TPSA) is 168 Å². The molecule has 1 saturated heterocycles. The summed E-state index contributed by atoms with van der Waals surface area (Å²) in [6, 6.07) is 1.48. The second kappa shape index (κ2) is 9.18. The number of aromatic amines is 1. The third-order valence-corrected chi connectivity index (χ3v) is 4.50. The van der Waals surface area contributed by atoms with Crippen LogP contribution in [0.25, 0.3) is 11.0 Å². The van der Waals surface area contributed by atoms with Crippen molar-refractivity contribution in [1.29, 1.82) is 0 Å². The van der Waals surface area contributed by atoms with Gasteiger partial charge in [-0.05, 0) is 6.07 Å². The van der Waals surface area contributed by atoms with Crippen molar-refractivity contribution in [2.24, 2.45) is 0 Å². The van der Waals surface area contributed by atoms with Gasteiger partial charge in [0.25, 0.3) is 5.56 Å². The Labute approximate surface area is 181 Å². The van der Waals surface area contributed by atoms with E-state index in [4.69, 9.17) is 18.9 Å². The van der Waals surface area contributed by atoms with Crippen LogP contribution in [0.3, 0.4) is 0 Å². The Balaban J connectivity index is 2.15. The number of nitrogens with zero attached hydrogens (tertiary/aromatic N) is 2. The van der Waals surface area contributed by atoms with E-state index in [1.807, 2.05) is 0 Å². The number of rotatable bonds is 6. The molecular formula is C19H22N4O9. The molecule has 1 aliphatic rings. The molecule has 4 atom stereocenters. The Bertz CT molecular complexity index is 1120. The van der Waals surface area contributed by atoms with Gasteiger partial charge < -0.3 is 23.9 Å². The SMILES string of the molecule is CC(=O)Nc1nc2[nH]ccc2c(=O)n1[C@@H]1O[C@H](COC(C)=O)[C@@H](OC(C)=O)[C@H]1OC(C)=O. The van der Waals surface area contributed by atoms with Crippen molar-refractivity contribution in [2.45, 2.75) is 52.2 Å². The zero-order valence-electron chi connectivity index (χ0n) is 17.7. The number of anilines is 1. The number of hydrogen-bond acceptors (Lipinski definition) is 10. The van der Waals surface area contributed by atoms with Gasteiger partial charge in [-0.25, -0.2) is 4.57 Å². The van der Waals surface area contributed by atoms with Crippen LogP contribution < -0.4 is 10.9 Å². The maximum Gasteiger partial charge on any atom is 0.303 e. The Morgan fingerprint density at radius 1 is 1.09 bits per heavy atom. The van der Waals surface area contributed by atoms with E-state index in [0.717, 1.165) is 18.4 Å². The van der Waals surface area contributed by atoms with Crippen LogP contribution in [-0.4, -0.2) is 63.3 Å². The van der Waals surface area contributed by atoms with E-state index in [0.29, 0.717) is 0 Å². The Morgan fingerprint density at radius 2 is 1.75 bits per heavy atom. The molecule has 0 bridgehead atoms. The van der Waals surface area contributed by atoms with Crippen LogP contribution in [0, 0.1) is 0 Å². The fourth-order valence-corrected chi connectivity index (χ4v) is 3.39. The highest BCUT2D eigenvalue weighted by atomic mass is 16.7. The second-order valence-corrected chi connectivity index (χ2v) is 7.05. The first-order valence-electron chi connectivity index (χ1n) is 9.59. The minimum Gasteiger partial charge on any atom is -0.463 e. The summed E-state index contributed by atoms with van der Waals surface area (Å²) < 4.78 is 22.5. The number of H-pyrrole nitrogens is 1. The molecule has 2 N–H and O–H groups in total. The number of ether oxygens (including phenoxy) is 4. The first-order chi connectivity index (χ1) is 15.1. The molecule has 32 heavy (non-hydrogen) atoms. The predicted molar refractivity (Wildman–Crippen MR) is 106 cm³/mol. The summed E-state index contributed by atoms with van der Waals surface area (Å²) >= 11 is 0. The Morgan fingerprint density at radius 3 is 2.34 bits per heavy atom. The molecule has 2 aromatic rings. The molecule has 3 heterocycles. The molecule has 3 rings (SSSR count). The van der Waals surface area contributed by atoms with Gasteiger partial charge in [-0.1, -0.05) is 0 Å². The summed E-state index contributed by atoms with van der Waals surface area (Å²) in [7, 11) is 0. The molecule has 172 valence electrons. The van der Waals surface area contributed by atoms with Crippen molar-refractivity contribution in [3.63, 3.8) is 0 Å². The monoisotopic (exact) mass is 450 g/mol. The quantitative estimate of drug-likeness (QED) is 0.452. The van der Waals surface area contributed by atoms with Crippen LogP contribution in [-0.2, 0) is 38.1 Å². The van der Waals surface area contributed by atoms with Crippen molar-refractivity contribution >= 4 is 40.8 Å². The molecule has 13 nitrogen and oxygen atoms in total. The van der Waals surface area contributed by atoms with Crippen LogP contribution in [0.4, 0.5) is 5.95 Å². The highest BCUT2D eigenvalue weighted by Gasteiger charge is 2.51. The number of nitrogens with one attached hydrogen (secondary N) is 2. The average Bonchev–Trinajstić information content (AvgIpc) is 3.25. The molecule has 1 fully saturated rings. The molecule has 0 aromatic carbocycles. The van der Waals surface area contributed by atoms with Crippen LogP contribution in [0.15, 0.2) is 17.1 Å². The number of amides is 1. The summed E-state index contributed by atoms with van der Waals surface area (Å²) in [4.78, 5) is 66.8. The molecule has 0 radical (unpaired) electrons. The number of carbonyl (C=O) groups excluding carboxylic acids is 4. The van der Waals surface area contributed by atoms with E-state index in [1.165, 1.54) is 26.1 Å². The average molecular weight is 450 g/mol. The first-order valence-corrected chi connectivity index (χ1v) is 9.59. The van der Waals surface area contributed by atoms with Gasteiger partial charge in [0.1, 0.15) is 18.4 Å². The molecule has 1 amide bonds. The number of hydrogen-bond donors (Lipinski definition) is 2. The highest BCUT2D eigenvalue weighted by Crippen LogP contribution is 2.35. The van der Waals surface area contributed by atoms with Gasteiger partial charge in [0.15, 0.2) is 18.4 Å². The third-order valence-electron chi connectivity index (χ3n) is 4.50. The van der Waals surface area contributed by atoms with Crippen LogP contribution >= 0.6 is 0 Å². The van der Waals surface area contributed by atoms with E-state index >= 15 is 0 Å². The van der Waals surface area contributed by atoms with E-state index < -0.39 is 53.9 Å². The van der Waals surface area contributed by atoms with Crippen molar-refractivity contribution in [3.8, 4) is 0 Å². The molecule has 0 aliphatic carbocycles. The van der Waals surface area contributed by atoms with Gasteiger partial charge in [-0.3, -0.25) is 29.3 Å². The molecule has 13 heteroatoms. The summed E-state index contributed by atoms with van der Waals surface area (Å²) in [5, 5.41) is 2.62. The summed E-state index contributed by atoms with van der Waals surface area (Å²) in [5.74, 6) is -2.77. The van der Waals surface area contributed by atoms with Gasteiger partial charge in [0, 0.05) is 33.9 Å². The molecule has 2 aromatic heterocycles. The van der Waals surface area contributed by atoms with Gasteiger partial charge in [-0.2, -0.15) is 4.98 Å². The first kappa shape index (κ1) is 22.9. The number of esters is 3. The summed E-state index contributed by atoms with van der Waals surface area (Å²) in [5.41, 5.74) is -0.401. The summed E-state index contributed by atoms with van der Waals surface area (Å²) in [6.45, 7) is 4.33. The second-order valence-electron chi connectivity index (χ2n) is 7.05. The fraction of sp³-hybridized carbons (Fsp3) is 0.474. The minimum absolute atomic E-state index is 0.178. The zero-order valence-corrected chi connectivity index (χ0v) is 17.7. The molecule has 1 aliphatic heterocycles. The molecule has 0 saturated carbocycles. The lowest BCUT2D eigenvalue weighted by atomic mass is 10.1. The summed E-state index contributed by atoms with van der Waals surface area (Å²) in [6.07, 6.45) is -3.45. The zero-order chi connectivity index (χ0) is 23.6. The van der Waals surface area contributed by atoms with E-state index in [1.54, 1.807) is 0 Å². The Kier molecular flexibility index (Phi) is 6.58. The van der Waals surface area contributed by atoms with Crippen molar-refractivity contribution in [3.05, 3.63) is 22.6 Å². The van der Waals surface area contributed by atoms with Crippen LogP contribution in [0.1, 0.15) is 33.9 Å². The number of fused-ring (bicyclic) bond motifs is 1. The third kappa shape index (κ3) is 4.77. The molecule has 0 spiro atoms. The van der Waals surface area contributed by atoms with Gasteiger partial charge in [0.2, 0.25) is 11.9 Å². The lowest BCUT2D eigenvalue weighted by Crippen LogP contribution is -2.42. The standard InChI is InChI=1S/C19H22N4O9/c1-8(24)21-19-22-16-12(5-6-20-16)17(28)23(19)18-15(31-11(4)27)14(30-10(3)26)13(32-18)7-29-9(2)25/h5-6,13-15,18,20H,7H2,1-4H3,(H,21,22,24)/t13-,14-,15-,18-/m1/s1. The molecular weight excluding hydrogens is 428 g/mol. The van der Waals surface area contributed by atoms with Crippen LogP contribution in [0.2, 0.25) is 0 Å². The Hall–Kier alpha value is -3.74. The highest BCUT2D eigenvalue weighted by molar-refractivity contribution is 5.88. The van der Waals surface area contributed by atoms with Gasteiger partial charge in [-0.15, -0.1) is 0 Å². The lowest BCUT2D eigenvalue weighted by Gasteiger charge is -2.25. The van der Waals surface area contributed by atoms with E-state index in [2.05, 4.69) is 15.3 Å². The maximum absolute atomic E-state index is 13.2.